The van der Waals surface area contributed by atoms with Crippen LogP contribution in [0.4, 0.5) is 0 Å². The van der Waals surface area contributed by atoms with E-state index in [0.717, 1.165) is 0 Å². The van der Waals surface area contributed by atoms with Crippen LogP contribution in [0.3, 0.4) is 0 Å². The molecule has 4 aromatic heterocycles. The average molecular weight is 559 g/mol. The topological polar surface area (TPSA) is 8.81 Å². The van der Waals surface area contributed by atoms with Crippen LogP contribution in [0.2, 0.25) is 0 Å². The van der Waals surface area contributed by atoms with Gasteiger partial charge in [-0.15, -0.1) is 0 Å². The molecule has 0 unspecified atom stereocenters. The number of aryl methyl sites for hydroxylation is 2. The van der Waals surface area contributed by atoms with Crippen molar-refractivity contribution < 1.29 is 4.57 Å². The van der Waals surface area contributed by atoms with Crippen molar-refractivity contribution in [2.75, 3.05) is 0 Å². The summed E-state index contributed by atoms with van der Waals surface area (Å²) in [6.45, 7) is 2.30. The Balaban J connectivity index is 1.49. The first-order chi connectivity index (χ1) is 18.2. The molecule has 4 heterocycles. The molecule has 0 N–H and O–H groups in total. The molecule has 0 aliphatic carbocycles. The van der Waals surface area contributed by atoms with Gasteiger partial charge in [0.1, 0.15) is 0 Å². The first kappa shape index (κ1) is 21.4. The number of fused-ring (bicyclic) bond motifs is 7. The van der Waals surface area contributed by atoms with Gasteiger partial charge in [-0.1, -0.05) is 0 Å². The van der Waals surface area contributed by atoms with Crippen LogP contribution < -0.4 is 4.57 Å². The van der Waals surface area contributed by atoms with Crippen molar-refractivity contribution in [2.24, 2.45) is 7.05 Å². The van der Waals surface area contributed by atoms with E-state index in [1.165, 1.54) is 73.0 Å². The van der Waals surface area contributed by atoms with E-state index in [0.29, 0.717) is 14.5 Å². The van der Waals surface area contributed by atoms with Crippen LogP contribution in [0.1, 0.15) is 5.56 Å². The van der Waals surface area contributed by atoms with Crippen LogP contribution in [0.25, 0.3) is 67.4 Å². The van der Waals surface area contributed by atoms with Crippen LogP contribution in [0, 0.1) is 6.92 Å². The Hall–Kier alpha value is -3.69. The zero-order valence-corrected chi connectivity index (χ0v) is 23.1. The van der Waals surface area contributed by atoms with Gasteiger partial charge in [0.15, 0.2) is 0 Å². The molecule has 0 saturated carbocycles. The van der Waals surface area contributed by atoms with E-state index in [2.05, 4.69) is 126 Å². The van der Waals surface area contributed by atoms with Gasteiger partial charge in [-0.3, -0.25) is 0 Å². The second kappa shape index (κ2) is 7.90. The molecule has 0 radical (unpaired) electrons. The summed E-state index contributed by atoms with van der Waals surface area (Å²) in [6, 6.07) is 35.6. The molecule has 0 fully saturated rings. The Morgan fingerprint density at radius 2 is 1.27 bits per heavy atom. The van der Waals surface area contributed by atoms with E-state index in [1.54, 1.807) is 0 Å². The number of benzene rings is 4. The van der Waals surface area contributed by atoms with E-state index in [-0.39, 0.29) is 0 Å². The van der Waals surface area contributed by atoms with Gasteiger partial charge in [-0.05, 0) is 0 Å². The summed E-state index contributed by atoms with van der Waals surface area (Å²) >= 11 is 2.25. The molecular weight excluding hydrogens is 535 g/mol. The summed E-state index contributed by atoms with van der Waals surface area (Å²) in [7, 11) is 2.20. The summed E-state index contributed by atoms with van der Waals surface area (Å²) in [5.74, 6) is 0. The van der Waals surface area contributed by atoms with Gasteiger partial charge < -0.3 is 0 Å². The van der Waals surface area contributed by atoms with Crippen molar-refractivity contribution in [3.63, 3.8) is 0 Å². The fraction of sp³-hybridized carbons (Fsp3) is 0.0606. The van der Waals surface area contributed by atoms with Crippen LogP contribution in [0.15, 0.2) is 103 Å². The summed E-state index contributed by atoms with van der Waals surface area (Å²) in [5, 5.41) is 6.71. The fourth-order valence-corrected chi connectivity index (χ4v) is 10.2. The molecular formula is C33H23N2SSe+. The van der Waals surface area contributed by atoms with E-state index >= 15 is 0 Å². The monoisotopic (exact) mass is 559 g/mol. The Kier molecular flexibility index (Phi) is 4.57. The van der Waals surface area contributed by atoms with E-state index in [1.807, 2.05) is 11.3 Å². The van der Waals surface area contributed by atoms with Crippen LogP contribution in [-0.2, 0) is 7.05 Å². The van der Waals surface area contributed by atoms with E-state index in [4.69, 9.17) is 0 Å². The van der Waals surface area contributed by atoms with Crippen molar-refractivity contribution in [3.8, 4) is 15.8 Å². The van der Waals surface area contributed by atoms with Gasteiger partial charge in [-0.25, -0.2) is 0 Å². The molecule has 176 valence electrons. The first-order valence-corrected chi connectivity index (χ1v) is 15.0. The number of hydrogen-bond acceptors (Lipinski definition) is 1. The van der Waals surface area contributed by atoms with Crippen molar-refractivity contribution in [3.05, 3.63) is 109 Å². The molecule has 0 saturated heterocycles. The quantitative estimate of drug-likeness (QED) is 0.150. The summed E-state index contributed by atoms with van der Waals surface area (Å²) in [4.78, 5) is 0. The normalized spacial score (nSPS) is 12.1. The number of rotatable bonds is 2. The Morgan fingerprint density at radius 3 is 2.00 bits per heavy atom. The van der Waals surface area contributed by atoms with Crippen LogP contribution in [0.5, 0.6) is 0 Å². The summed E-state index contributed by atoms with van der Waals surface area (Å²) in [6.07, 6.45) is 2.25. The minimum atomic E-state index is 0.304. The standard InChI is InChI=1S/C33H23N2SSe/c1-20-21-10-5-8-17-29(21)37-33(20)30-32-25(18-19-34(30)2)24-13-9-16-28(31(24)36-32)35-26-14-6-3-11-22(26)23-12-4-7-15-27(23)35/h3-19H,1-2H3/q+1. The van der Waals surface area contributed by atoms with Gasteiger partial charge in [0.05, 0.1) is 0 Å². The number of pyridine rings is 1. The van der Waals surface area contributed by atoms with Crippen LogP contribution >= 0.6 is 11.3 Å². The molecule has 37 heavy (non-hydrogen) atoms. The Morgan fingerprint density at radius 1 is 0.649 bits per heavy atom. The van der Waals surface area contributed by atoms with Gasteiger partial charge >= 0.3 is 225 Å². The van der Waals surface area contributed by atoms with Crippen molar-refractivity contribution in [1.29, 1.82) is 0 Å². The third kappa shape index (κ3) is 2.95. The average Bonchev–Trinajstić information content (AvgIpc) is 3.58. The summed E-state index contributed by atoms with van der Waals surface area (Å²) < 4.78 is 10.5. The van der Waals surface area contributed by atoms with Crippen LogP contribution in [-0.4, -0.2) is 19.1 Å². The SMILES string of the molecule is Cc1c(-c2c3sc4c(-n5c6ccccc6c6ccccc65)cccc4c3cc[n+]2C)[se]c2ccccc12. The molecule has 0 amide bonds. The molecule has 8 aromatic rings. The molecule has 0 aliphatic heterocycles. The maximum absolute atomic E-state index is 2.46. The van der Waals surface area contributed by atoms with Crippen molar-refractivity contribution in [2.45, 2.75) is 6.92 Å². The maximum atomic E-state index is 2.46. The number of hydrogen-bond donors (Lipinski definition) is 0. The number of nitrogens with zero attached hydrogens (tertiary/aromatic N) is 2. The van der Waals surface area contributed by atoms with Gasteiger partial charge in [0.2, 0.25) is 0 Å². The van der Waals surface area contributed by atoms with Gasteiger partial charge in [-0.2, -0.15) is 0 Å². The Labute approximate surface area is 224 Å². The summed E-state index contributed by atoms with van der Waals surface area (Å²) in [5.41, 5.74) is 6.58. The van der Waals surface area contributed by atoms with E-state index < -0.39 is 0 Å². The second-order valence-corrected chi connectivity index (χ2v) is 12.9. The van der Waals surface area contributed by atoms with Crippen molar-refractivity contribution >= 4 is 77.5 Å². The zero-order valence-electron chi connectivity index (χ0n) is 20.5. The number of para-hydroxylation sites is 2. The molecule has 0 aliphatic rings. The van der Waals surface area contributed by atoms with Gasteiger partial charge in [0, 0.05) is 0 Å². The Bertz CT molecular complexity index is 2120. The molecule has 4 heteroatoms. The number of aromatic nitrogens is 2. The predicted molar refractivity (Wildman–Crippen MR) is 159 cm³/mol. The minimum absolute atomic E-state index is 0.304. The zero-order chi connectivity index (χ0) is 24.7. The number of thiophene rings is 1. The predicted octanol–water partition coefficient (Wildman–Crippen LogP) is 8.16. The third-order valence-electron chi connectivity index (χ3n) is 7.65. The van der Waals surface area contributed by atoms with Crippen molar-refractivity contribution in [1.82, 2.24) is 4.57 Å². The second-order valence-electron chi connectivity index (χ2n) is 9.70. The molecule has 0 bridgehead atoms. The molecule has 0 atom stereocenters. The van der Waals surface area contributed by atoms with Gasteiger partial charge in [0.25, 0.3) is 0 Å². The van der Waals surface area contributed by atoms with E-state index in [9.17, 15) is 0 Å². The molecule has 0 spiro atoms. The molecule has 4 aromatic carbocycles. The fourth-order valence-electron chi connectivity index (χ4n) is 5.91. The molecule has 2 nitrogen and oxygen atoms in total. The first-order valence-electron chi connectivity index (χ1n) is 12.5. The third-order valence-corrected chi connectivity index (χ3v) is 11.6. The molecule has 8 rings (SSSR count).